The maximum absolute atomic E-state index is 8.73. The molecule has 2 nitrogen and oxygen atoms in total. The van der Waals surface area contributed by atoms with Crippen LogP contribution in [0.25, 0.3) is 0 Å². The zero-order valence-corrected chi connectivity index (χ0v) is 10.7. The summed E-state index contributed by atoms with van der Waals surface area (Å²) < 4.78 is 0. The smallest absolute Gasteiger partial charge is 0.101 e. The van der Waals surface area contributed by atoms with Crippen LogP contribution in [0.2, 0.25) is 0 Å². The van der Waals surface area contributed by atoms with Gasteiger partial charge in [-0.3, -0.25) is 0 Å². The van der Waals surface area contributed by atoms with Gasteiger partial charge in [0.15, 0.2) is 0 Å². The molecule has 0 unspecified atom stereocenters. The van der Waals surface area contributed by atoms with Crippen molar-refractivity contribution in [3.05, 3.63) is 53.2 Å². The van der Waals surface area contributed by atoms with Crippen LogP contribution >= 0.6 is 11.8 Å². The number of benzene rings is 1. The summed E-state index contributed by atoms with van der Waals surface area (Å²) in [5.74, 6) is 0. The molecule has 2 aromatic rings. The number of rotatable bonds is 2. The van der Waals surface area contributed by atoms with Gasteiger partial charge in [0.05, 0.1) is 5.56 Å². The number of fused-ring (bicyclic) bond motifs is 1. The first-order chi connectivity index (χ1) is 8.85. The van der Waals surface area contributed by atoms with E-state index in [1.165, 1.54) is 35.3 Å². The molecule has 0 spiro atoms. The topological polar surface area (TPSA) is 36.7 Å². The average molecular weight is 252 g/mol. The number of nitrogens with zero attached hydrogens (tertiary/aromatic N) is 2. The molecule has 0 amide bonds. The second kappa shape index (κ2) is 4.83. The Balaban J connectivity index is 1.81. The summed E-state index contributed by atoms with van der Waals surface area (Å²) in [5.41, 5.74) is 3.58. The van der Waals surface area contributed by atoms with Gasteiger partial charge in [-0.1, -0.05) is 17.8 Å². The van der Waals surface area contributed by atoms with Crippen molar-refractivity contribution in [1.82, 2.24) is 4.98 Å². The van der Waals surface area contributed by atoms with Gasteiger partial charge in [0.1, 0.15) is 11.1 Å². The Labute approximate surface area is 111 Å². The van der Waals surface area contributed by atoms with Gasteiger partial charge in [-0.05, 0) is 54.7 Å². The minimum Gasteiger partial charge on any atom is -0.248 e. The standard InChI is InChI=1S/C15H12N2S/c16-9-11-4-7-15(17-10-11)18-14-6-5-12-2-1-3-13(12)8-14/h4-8,10H,1-3H2. The first-order valence-electron chi connectivity index (χ1n) is 6.01. The van der Waals surface area contributed by atoms with Crippen molar-refractivity contribution in [2.45, 2.75) is 29.2 Å². The molecule has 88 valence electrons. The van der Waals surface area contributed by atoms with Crippen LogP contribution in [0.4, 0.5) is 0 Å². The monoisotopic (exact) mass is 252 g/mol. The molecule has 1 aromatic carbocycles. The summed E-state index contributed by atoms with van der Waals surface area (Å²) in [6.07, 6.45) is 5.31. The molecule has 0 N–H and O–H groups in total. The van der Waals surface area contributed by atoms with Crippen molar-refractivity contribution >= 4 is 11.8 Å². The number of aryl methyl sites for hydroxylation is 2. The zero-order valence-electron chi connectivity index (χ0n) is 9.89. The number of aromatic nitrogens is 1. The van der Waals surface area contributed by atoms with Crippen molar-refractivity contribution in [3.63, 3.8) is 0 Å². The quantitative estimate of drug-likeness (QED) is 0.819. The zero-order chi connectivity index (χ0) is 12.4. The highest BCUT2D eigenvalue weighted by Gasteiger charge is 2.11. The highest BCUT2D eigenvalue weighted by atomic mass is 32.2. The maximum atomic E-state index is 8.73. The molecular weight excluding hydrogens is 240 g/mol. The minimum atomic E-state index is 0.605. The van der Waals surface area contributed by atoms with Crippen LogP contribution in [-0.2, 0) is 12.8 Å². The van der Waals surface area contributed by atoms with Gasteiger partial charge in [-0.15, -0.1) is 0 Å². The van der Waals surface area contributed by atoms with Crippen molar-refractivity contribution in [2.75, 3.05) is 0 Å². The van der Waals surface area contributed by atoms with Crippen LogP contribution in [0.5, 0.6) is 0 Å². The second-order valence-corrected chi connectivity index (χ2v) is 5.48. The summed E-state index contributed by atoms with van der Waals surface area (Å²) in [5, 5.41) is 9.66. The van der Waals surface area contributed by atoms with Gasteiger partial charge < -0.3 is 0 Å². The third kappa shape index (κ3) is 2.25. The fourth-order valence-corrected chi connectivity index (χ4v) is 3.06. The number of hydrogen-bond acceptors (Lipinski definition) is 3. The number of nitriles is 1. The van der Waals surface area contributed by atoms with Crippen LogP contribution in [0, 0.1) is 11.3 Å². The molecule has 0 fully saturated rings. The third-order valence-electron chi connectivity index (χ3n) is 3.16. The molecule has 0 atom stereocenters. The van der Waals surface area contributed by atoms with E-state index in [-0.39, 0.29) is 0 Å². The molecule has 1 aliphatic carbocycles. The lowest BCUT2D eigenvalue weighted by Gasteiger charge is -2.04. The van der Waals surface area contributed by atoms with Gasteiger partial charge in [-0.2, -0.15) is 5.26 Å². The summed E-state index contributed by atoms with van der Waals surface area (Å²) >= 11 is 1.65. The minimum absolute atomic E-state index is 0.605. The molecule has 0 saturated heterocycles. The van der Waals surface area contributed by atoms with E-state index in [0.29, 0.717) is 5.56 Å². The predicted octanol–water partition coefficient (Wildman–Crippen LogP) is 3.59. The lowest BCUT2D eigenvalue weighted by molar-refractivity contribution is 0.911. The van der Waals surface area contributed by atoms with Crippen LogP contribution in [0.3, 0.4) is 0 Å². The summed E-state index contributed by atoms with van der Waals surface area (Å²) in [6, 6.07) is 12.5. The van der Waals surface area contributed by atoms with E-state index in [1.54, 1.807) is 18.0 Å². The predicted molar refractivity (Wildman–Crippen MR) is 71.5 cm³/mol. The summed E-state index contributed by atoms with van der Waals surface area (Å²) in [4.78, 5) is 5.51. The largest absolute Gasteiger partial charge is 0.248 e. The van der Waals surface area contributed by atoms with Crippen LogP contribution in [-0.4, -0.2) is 4.98 Å². The first-order valence-corrected chi connectivity index (χ1v) is 6.82. The Hall–Kier alpha value is -1.79. The Morgan fingerprint density at radius 1 is 1.11 bits per heavy atom. The van der Waals surface area contributed by atoms with Gasteiger partial charge >= 0.3 is 0 Å². The fourth-order valence-electron chi connectivity index (χ4n) is 2.24. The van der Waals surface area contributed by atoms with E-state index in [9.17, 15) is 0 Å². The van der Waals surface area contributed by atoms with Crippen LogP contribution in [0.15, 0.2) is 46.5 Å². The number of hydrogen-bond donors (Lipinski definition) is 0. The van der Waals surface area contributed by atoms with E-state index in [4.69, 9.17) is 5.26 Å². The molecule has 1 aliphatic rings. The normalized spacial score (nSPS) is 13.1. The third-order valence-corrected chi connectivity index (χ3v) is 4.10. The molecule has 18 heavy (non-hydrogen) atoms. The summed E-state index contributed by atoms with van der Waals surface area (Å²) in [7, 11) is 0. The molecule has 0 bridgehead atoms. The highest BCUT2D eigenvalue weighted by Crippen LogP contribution is 2.30. The van der Waals surface area contributed by atoms with E-state index in [0.717, 1.165) is 5.03 Å². The van der Waals surface area contributed by atoms with Crippen molar-refractivity contribution in [2.24, 2.45) is 0 Å². The Bertz CT molecular complexity index is 611. The molecule has 0 radical (unpaired) electrons. The molecule has 3 heteroatoms. The SMILES string of the molecule is N#Cc1ccc(Sc2ccc3c(c2)CCC3)nc1. The van der Waals surface area contributed by atoms with E-state index in [1.807, 2.05) is 12.1 Å². The molecule has 1 aromatic heterocycles. The van der Waals surface area contributed by atoms with Gasteiger partial charge in [0.25, 0.3) is 0 Å². The van der Waals surface area contributed by atoms with E-state index < -0.39 is 0 Å². The Morgan fingerprint density at radius 3 is 2.78 bits per heavy atom. The van der Waals surface area contributed by atoms with Crippen LogP contribution < -0.4 is 0 Å². The van der Waals surface area contributed by atoms with E-state index >= 15 is 0 Å². The lowest BCUT2D eigenvalue weighted by Crippen LogP contribution is -1.85. The molecule has 0 aliphatic heterocycles. The van der Waals surface area contributed by atoms with Gasteiger partial charge in [0.2, 0.25) is 0 Å². The van der Waals surface area contributed by atoms with Crippen molar-refractivity contribution in [1.29, 1.82) is 5.26 Å². The van der Waals surface area contributed by atoms with E-state index in [2.05, 4.69) is 29.3 Å². The van der Waals surface area contributed by atoms with Crippen molar-refractivity contribution in [3.8, 4) is 6.07 Å². The molecule has 3 rings (SSSR count). The maximum Gasteiger partial charge on any atom is 0.101 e. The molecule has 1 heterocycles. The Morgan fingerprint density at radius 2 is 2.00 bits per heavy atom. The second-order valence-electron chi connectivity index (χ2n) is 4.38. The van der Waals surface area contributed by atoms with Gasteiger partial charge in [0, 0.05) is 11.1 Å². The average Bonchev–Trinajstić information content (AvgIpc) is 2.87. The molecular formula is C15H12N2S. The van der Waals surface area contributed by atoms with Crippen molar-refractivity contribution < 1.29 is 0 Å². The Kier molecular flexibility index (Phi) is 3.04. The number of pyridine rings is 1. The van der Waals surface area contributed by atoms with Gasteiger partial charge in [-0.25, -0.2) is 4.98 Å². The van der Waals surface area contributed by atoms with Crippen LogP contribution in [0.1, 0.15) is 23.1 Å². The molecule has 0 saturated carbocycles. The fraction of sp³-hybridized carbons (Fsp3) is 0.200. The highest BCUT2D eigenvalue weighted by molar-refractivity contribution is 7.99. The summed E-state index contributed by atoms with van der Waals surface area (Å²) in [6.45, 7) is 0. The first kappa shape index (κ1) is 11.3. The lowest BCUT2D eigenvalue weighted by atomic mass is 10.1.